The first-order valence-corrected chi connectivity index (χ1v) is 6.56. The number of hydrogen-bond acceptors (Lipinski definition) is 3. The third kappa shape index (κ3) is 5.04. The lowest BCUT2D eigenvalue weighted by Crippen LogP contribution is -2.43. The predicted molar refractivity (Wildman–Crippen MR) is 66.9 cm³/mol. The number of nitrogens with zero attached hydrogens (tertiary/aromatic N) is 1. The molecule has 1 aliphatic rings. The minimum Gasteiger partial charge on any atom is -0.383 e. The number of amides is 1. The van der Waals surface area contributed by atoms with E-state index in [2.05, 4.69) is 6.92 Å². The van der Waals surface area contributed by atoms with Gasteiger partial charge in [-0.3, -0.25) is 4.79 Å². The van der Waals surface area contributed by atoms with Crippen LogP contribution in [-0.2, 0) is 14.3 Å². The molecule has 0 radical (unpaired) electrons. The zero-order chi connectivity index (χ0) is 12.7. The van der Waals surface area contributed by atoms with Crippen LogP contribution in [0, 0.1) is 5.92 Å². The number of carbonyl (C=O) groups is 1. The topological polar surface area (TPSA) is 38.8 Å². The Bertz CT molecular complexity index is 229. The van der Waals surface area contributed by atoms with E-state index in [1.165, 1.54) is 12.8 Å². The molecule has 4 nitrogen and oxygen atoms in total. The van der Waals surface area contributed by atoms with Crippen LogP contribution in [0.1, 0.15) is 33.1 Å². The molecule has 17 heavy (non-hydrogen) atoms. The van der Waals surface area contributed by atoms with E-state index >= 15 is 0 Å². The Labute approximate surface area is 104 Å². The molecule has 0 aliphatic heterocycles. The van der Waals surface area contributed by atoms with E-state index in [1.54, 1.807) is 7.11 Å². The van der Waals surface area contributed by atoms with Gasteiger partial charge in [-0.2, -0.15) is 0 Å². The molecule has 100 valence electrons. The first-order valence-electron chi connectivity index (χ1n) is 6.56. The van der Waals surface area contributed by atoms with Crippen LogP contribution in [0.5, 0.6) is 0 Å². The smallest absolute Gasteiger partial charge is 0.248 e. The molecule has 1 fully saturated rings. The molecular weight excluding hydrogens is 218 g/mol. The SMILES string of the molecule is CCCOCC(=O)N(CCOC)C(C)C1CC1. The van der Waals surface area contributed by atoms with Crippen molar-refractivity contribution in [2.75, 3.05) is 33.5 Å². The molecule has 0 aromatic heterocycles. The van der Waals surface area contributed by atoms with Crippen molar-refractivity contribution in [2.24, 2.45) is 5.92 Å². The molecule has 1 unspecified atom stereocenters. The van der Waals surface area contributed by atoms with Crippen molar-refractivity contribution >= 4 is 5.91 Å². The average Bonchev–Trinajstić information content (AvgIpc) is 3.13. The van der Waals surface area contributed by atoms with Gasteiger partial charge in [0.2, 0.25) is 5.91 Å². The van der Waals surface area contributed by atoms with Gasteiger partial charge < -0.3 is 14.4 Å². The zero-order valence-corrected chi connectivity index (χ0v) is 11.3. The number of hydrogen-bond donors (Lipinski definition) is 0. The fraction of sp³-hybridized carbons (Fsp3) is 0.923. The highest BCUT2D eigenvalue weighted by molar-refractivity contribution is 5.77. The predicted octanol–water partition coefficient (Wildman–Crippen LogP) is 1.69. The van der Waals surface area contributed by atoms with Gasteiger partial charge in [-0.05, 0) is 32.1 Å². The van der Waals surface area contributed by atoms with E-state index in [0.29, 0.717) is 31.7 Å². The van der Waals surface area contributed by atoms with Crippen LogP contribution in [-0.4, -0.2) is 50.3 Å². The van der Waals surface area contributed by atoms with Crippen LogP contribution < -0.4 is 0 Å². The Morgan fingerprint density at radius 3 is 2.65 bits per heavy atom. The van der Waals surface area contributed by atoms with Gasteiger partial charge in [0.1, 0.15) is 6.61 Å². The highest BCUT2D eigenvalue weighted by atomic mass is 16.5. The van der Waals surface area contributed by atoms with Gasteiger partial charge in [-0.1, -0.05) is 6.92 Å². The second-order valence-electron chi connectivity index (χ2n) is 4.71. The fourth-order valence-corrected chi connectivity index (χ4v) is 1.96. The molecule has 1 atom stereocenters. The summed E-state index contributed by atoms with van der Waals surface area (Å²) in [6, 6.07) is 0.322. The molecule has 4 heteroatoms. The van der Waals surface area contributed by atoms with E-state index in [-0.39, 0.29) is 12.5 Å². The normalized spacial score (nSPS) is 16.9. The van der Waals surface area contributed by atoms with Crippen LogP contribution >= 0.6 is 0 Å². The van der Waals surface area contributed by atoms with E-state index < -0.39 is 0 Å². The minimum absolute atomic E-state index is 0.0925. The molecule has 1 aliphatic carbocycles. The first kappa shape index (κ1) is 14.5. The molecule has 1 amide bonds. The number of methoxy groups -OCH3 is 1. The molecule has 0 aromatic rings. The van der Waals surface area contributed by atoms with Crippen LogP contribution in [0.3, 0.4) is 0 Å². The summed E-state index contributed by atoms with van der Waals surface area (Å²) in [5.41, 5.74) is 0. The van der Waals surface area contributed by atoms with Gasteiger partial charge in [-0.15, -0.1) is 0 Å². The van der Waals surface area contributed by atoms with Gasteiger partial charge >= 0.3 is 0 Å². The fourth-order valence-electron chi connectivity index (χ4n) is 1.96. The van der Waals surface area contributed by atoms with Gasteiger partial charge in [0.05, 0.1) is 6.61 Å². The van der Waals surface area contributed by atoms with Crippen molar-refractivity contribution in [3.63, 3.8) is 0 Å². The van der Waals surface area contributed by atoms with Gasteiger partial charge in [-0.25, -0.2) is 0 Å². The van der Waals surface area contributed by atoms with E-state index in [9.17, 15) is 4.79 Å². The number of rotatable bonds is 9. The molecule has 1 saturated carbocycles. The summed E-state index contributed by atoms with van der Waals surface area (Å²) in [5.74, 6) is 0.775. The lowest BCUT2D eigenvalue weighted by molar-refractivity contribution is -0.139. The molecule has 0 saturated heterocycles. The van der Waals surface area contributed by atoms with Crippen molar-refractivity contribution in [2.45, 2.75) is 39.2 Å². The molecule has 0 spiro atoms. The molecule has 0 bridgehead atoms. The van der Waals surface area contributed by atoms with Crippen molar-refractivity contribution in [1.82, 2.24) is 4.90 Å². The first-order chi connectivity index (χ1) is 8.20. The van der Waals surface area contributed by atoms with E-state index in [0.717, 1.165) is 6.42 Å². The highest BCUT2D eigenvalue weighted by Gasteiger charge is 2.33. The summed E-state index contributed by atoms with van der Waals surface area (Å²) >= 11 is 0. The van der Waals surface area contributed by atoms with Crippen LogP contribution in [0.2, 0.25) is 0 Å². The van der Waals surface area contributed by atoms with Gasteiger partial charge in [0, 0.05) is 26.3 Å². The summed E-state index contributed by atoms with van der Waals surface area (Å²) in [7, 11) is 1.66. The maximum absolute atomic E-state index is 12.0. The Hall–Kier alpha value is -0.610. The minimum atomic E-state index is 0.0925. The molecule has 0 heterocycles. The molecule has 0 aromatic carbocycles. The van der Waals surface area contributed by atoms with Crippen molar-refractivity contribution in [3.8, 4) is 0 Å². The van der Waals surface area contributed by atoms with Crippen LogP contribution in [0.4, 0.5) is 0 Å². The Morgan fingerprint density at radius 2 is 2.12 bits per heavy atom. The summed E-state index contributed by atoms with van der Waals surface area (Å²) < 4.78 is 10.4. The van der Waals surface area contributed by atoms with Crippen LogP contribution in [0.25, 0.3) is 0 Å². The molecule has 1 rings (SSSR count). The summed E-state index contributed by atoms with van der Waals surface area (Å²) in [6.45, 7) is 6.29. The van der Waals surface area contributed by atoms with Crippen molar-refractivity contribution < 1.29 is 14.3 Å². The number of ether oxygens (including phenoxy) is 2. The standard InChI is InChI=1S/C13H25NO3/c1-4-8-17-10-13(15)14(7-9-16-3)11(2)12-5-6-12/h11-12H,4-10H2,1-3H3. The maximum Gasteiger partial charge on any atom is 0.248 e. The van der Waals surface area contributed by atoms with E-state index in [4.69, 9.17) is 9.47 Å². The Kier molecular flexibility index (Phi) is 6.52. The zero-order valence-electron chi connectivity index (χ0n) is 11.3. The lowest BCUT2D eigenvalue weighted by atomic mass is 10.2. The van der Waals surface area contributed by atoms with Gasteiger partial charge in [0.25, 0.3) is 0 Å². The Balaban J connectivity index is 2.39. The van der Waals surface area contributed by atoms with Crippen LogP contribution in [0.15, 0.2) is 0 Å². The Morgan fingerprint density at radius 1 is 1.41 bits per heavy atom. The summed E-state index contributed by atoms with van der Waals surface area (Å²) in [5, 5.41) is 0. The third-order valence-electron chi connectivity index (χ3n) is 3.23. The monoisotopic (exact) mass is 243 g/mol. The number of carbonyl (C=O) groups excluding carboxylic acids is 1. The quantitative estimate of drug-likeness (QED) is 0.578. The molecular formula is C13H25NO3. The second-order valence-corrected chi connectivity index (χ2v) is 4.71. The van der Waals surface area contributed by atoms with Crippen molar-refractivity contribution in [1.29, 1.82) is 0 Å². The maximum atomic E-state index is 12.0. The van der Waals surface area contributed by atoms with Crippen molar-refractivity contribution in [3.05, 3.63) is 0 Å². The summed E-state index contributed by atoms with van der Waals surface area (Å²) in [6.07, 6.45) is 3.44. The second kappa shape index (κ2) is 7.67. The largest absolute Gasteiger partial charge is 0.383 e. The average molecular weight is 243 g/mol. The molecule has 0 N–H and O–H groups in total. The van der Waals surface area contributed by atoms with E-state index in [1.807, 2.05) is 11.8 Å². The summed E-state index contributed by atoms with van der Waals surface area (Å²) in [4.78, 5) is 14.0. The third-order valence-corrected chi connectivity index (χ3v) is 3.23. The van der Waals surface area contributed by atoms with Gasteiger partial charge in [0.15, 0.2) is 0 Å². The lowest BCUT2D eigenvalue weighted by Gasteiger charge is -2.29. The highest BCUT2D eigenvalue weighted by Crippen LogP contribution is 2.35.